The molecule has 5 nitrogen and oxygen atoms in total. The van der Waals surface area contributed by atoms with Gasteiger partial charge < -0.3 is 9.84 Å². The molecule has 0 saturated heterocycles. The Kier molecular flexibility index (Phi) is 5.23. The summed E-state index contributed by atoms with van der Waals surface area (Å²) < 4.78 is 5.28. The van der Waals surface area contributed by atoms with Gasteiger partial charge in [-0.2, -0.15) is 4.98 Å². The average Bonchev–Trinajstić information content (AvgIpc) is 3.11. The van der Waals surface area contributed by atoms with Gasteiger partial charge in [-0.3, -0.25) is 4.79 Å². The molecule has 0 bridgehead atoms. The third-order valence-corrected chi connectivity index (χ3v) is 4.11. The highest BCUT2D eigenvalue weighted by molar-refractivity contribution is 5.83. The van der Waals surface area contributed by atoms with E-state index >= 15 is 0 Å². The molecule has 0 fully saturated rings. The lowest BCUT2D eigenvalue weighted by molar-refractivity contribution is -0.122. The molecule has 0 unspecified atom stereocenters. The van der Waals surface area contributed by atoms with Crippen molar-refractivity contribution in [2.24, 2.45) is 0 Å². The Labute approximate surface area is 147 Å². The van der Waals surface area contributed by atoms with Gasteiger partial charge in [0.15, 0.2) is 5.82 Å². The van der Waals surface area contributed by atoms with E-state index in [0.29, 0.717) is 11.7 Å². The number of carbonyl (C=O) groups excluding carboxylic acids is 1. The van der Waals surface area contributed by atoms with E-state index in [9.17, 15) is 4.79 Å². The van der Waals surface area contributed by atoms with Gasteiger partial charge in [0.25, 0.3) is 5.89 Å². The van der Waals surface area contributed by atoms with Gasteiger partial charge in [-0.25, -0.2) is 0 Å². The molecule has 0 aliphatic heterocycles. The number of hydrogen-bond acceptors (Lipinski definition) is 4. The van der Waals surface area contributed by atoms with Crippen molar-refractivity contribution in [1.29, 1.82) is 0 Å². The lowest BCUT2D eigenvalue weighted by Crippen LogP contribution is -2.29. The summed E-state index contributed by atoms with van der Waals surface area (Å²) in [7, 11) is 0. The van der Waals surface area contributed by atoms with Crippen LogP contribution < -0.4 is 5.32 Å². The number of aromatic nitrogens is 2. The second-order valence-corrected chi connectivity index (χ2v) is 5.97. The van der Waals surface area contributed by atoms with E-state index in [2.05, 4.69) is 15.5 Å². The predicted octanol–water partition coefficient (Wildman–Crippen LogP) is 3.86. The first kappa shape index (κ1) is 16.9. The number of hydrogen-bond donors (Lipinski definition) is 1. The summed E-state index contributed by atoms with van der Waals surface area (Å²) in [5.74, 6) is 0.714. The van der Waals surface area contributed by atoms with Crippen LogP contribution in [-0.2, 0) is 11.3 Å². The van der Waals surface area contributed by atoms with Crippen LogP contribution in [0.15, 0.2) is 59.1 Å². The Bertz CT molecular complexity index is 826. The van der Waals surface area contributed by atoms with E-state index in [0.717, 1.165) is 17.5 Å². The Balaban J connectivity index is 1.63. The molecule has 2 aromatic carbocycles. The highest BCUT2D eigenvalue weighted by Crippen LogP contribution is 2.20. The molecule has 5 heteroatoms. The van der Waals surface area contributed by atoms with Crippen LogP contribution in [0.1, 0.15) is 36.2 Å². The Morgan fingerprint density at radius 2 is 1.84 bits per heavy atom. The van der Waals surface area contributed by atoms with Crippen LogP contribution in [0, 0.1) is 6.92 Å². The minimum absolute atomic E-state index is 0.0321. The molecule has 0 saturated carbocycles. The standard InChI is InChI=1S/C20H21N3O2/c1-3-17(15-7-5-4-6-8-15)19(24)21-13-18-22-20(25-23-18)16-11-9-14(2)10-12-16/h4-12,17H,3,13H2,1-2H3,(H,21,24)/t17-/m0/s1. The van der Waals surface area contributed by atoms with Crippen molar-refractivity contribution < 1.29 is 9.32 Å². The molecule has 0 spiro atoms. The van der Waals surface area contributed by atoms with E-state index in [1.165, 1.54) is 5.56 Å². The minimum atomic E-state index is -0.176. The molecular weight excluding hydrogens is 314 g/mol. The van der Waals surface area contributed by atoms with Gasteiger partial charge in [-0.15, -0.1) is 0 Å². The van der Waals surface area contributed by atoms with Gasteiger partial charge >= 0.3 is 0 Å². The molecule has 1 heterocycles. The van der Waals surface area contributed by atoms with E-state index in [-0.39, 0.29) is 18.4 Å². The predicted molar refractivity (Wildman–Crippen MR) is 95.8 cm³/mol. The quantitative estimate of drug-likeness (QED) is 0.743. The Morgan fingerprint density at radius 1 is 1.12 bits per heavy atom. The highest BCUT2D eigenvalue weighted by atomic mass is 16.5. The number of rotatable bonds is 6. The molecule has 1 amide bonds. The summed E-state index contributed by atoms with van der Waals surface area (Å²) in [6.07, 6.45) is 0.733. The largest absolute Gasteiger partial charge is 0.348 e. The normalized spacial score (nSPS) is 11.9. The van der Waals surface area contributed by atoms with Gasteiger partial charge in [0.1, 0.15) is 0 Å². The van der Waals surface area contributed by atoms with Crippen molar-refractivity contribution in [1.82, 2.24) is 15.5 Å². The molecule has 0 radical (unpaired) electrons. The van der Waals surface area contributed by atoms with E-state index in [1.54, 1.807) is 0 Å². The van der Waals surface area contributed by atoms with E-state index in [4.69, 9.17) is 4.52 Å². The number of nitrogens with zero attached hydrogens (tertiary/aromatic N) is 2. The fraction of sp³-hybridized carbons (Fsp3) is 0.250. The molecule has 0 aliphatic rings. The maximum Gasteiger partial charge on any atom is 0.257 e. The third kappa shape index (κ3) is 4.12. The molecule has 1 atom stereocenters. The molecule has 128 valence electrons. The lowest BCUT2D eigenvalue weighted by Gasteiger charge is -2.14. The first-order valence-electron chi connectivity index (χ1n) is 8.39. The van der Waals surface area contributed by atoms with Gasteiger partial charge in [-0.05, 0) is 31.0 Å². The summed E-state index contributed by atoms with van der Waals surface area (Å²) in [4.78, 5) is 16.8. The van der Waals surface area contributed by atoms with Gasteiger partial charge in [0.2, 0.25) is 5.91 Å². The minimum Gasteiger partial charge on any atom is -0.348 e. The van der Waals surface area contributed by atoms with Crippen LogP contribution in [-0.4, -0.2) is 16.0 Å². The maximum absolute atomic E-state index is 12.5. The van der Waals surface area contributed by atoms with E-state index < -0.39 is 0 Å². The number of benzene rings is 2. The van der Waals surface area contributed by atoms with Crippen LogP contribution in [0.4, 0.5) is 0 Å². The monoisotopic (exact) mass is 335 g/mol. The summed E-state index contributed by atoms with van der Waals surface area (Å²) in [5.41, 5.74) is 3.05. The zero-order valence-electron chi connectivity index (χ0n) is 14.4. The summed E-state index contributed by atoms with van der Waals surface area (Å²) in [6.45, 7) is 4.27. The SMILES string of the molecule is CC[C@H](C(=O)NCc1noc(-c2ccc(C)cc2)n1)c1ccccc1. The molecule has 3 rings (SSSR count). The van der Waals surface area contributed by atoms with Crippen LogP contribution in [0.3, 0.4) is 0 Å². The zero-order chi connectivity index (χ0) is 17.6. The van der Waals surface area contributed by atoms with Gasteiger partial charge in [0.05, 0.1) is 12.5 Å². The number of nitrogens with one attached hydrogen (secondary N) is 1. The molecule has 1 aromatic heterocycles. The van der Waals surface area contributed by atoms with Crippen molar-refractivity contribution in [2.75, 3.05) is 0 Å². The van der Waals surface area contributed by atoms with Crippen LogP contribution in [0.5, 0.6) is 0 Å². The Morgan fingerprint density at radius 3 is 2.52 bits per heavy atom. The average molecular weight is 335 g/mol. The zero-order valence-corrected chi connectivity index (χ0v) is 14.4. The van der Waals surface area contributed by atoms with Crippen molar-refractivity contribution in [2.45, 2.75) is 32.7 Å². The lowest BCUT2D eigenvalue weighted by atomic mass is 9.96. The van der Waals surface area contributed by atoms with Crippen molar-refractivity contribution >= 4 is 5.91 Å². The van der Waals surface area contributed by atoms with Crippen molar-refractivity contribution in [3.05, 3.63) is 71.5 Å². The molecular formula is C20H21N3O2. The van der Waals surface area contributed by atoms with Crippen LogP contribution >= 0.6 is 0 Å². The fourth-order valence-corrected chi connectivity index (χ4v) is 2.69. The van der Waals surface area contributed by atoms with Crippen molar-refractivity contribution in [3.8, 4) is 11.5 Å². The van der Waals surface area contributed by atoms with E-state index in [1.807, 2.05) is 68.4 Å². The van der Waals surface area contributed by atoms with Crippen LogP contribution in [0.25, 0.3) is 11.5 Å². The third-order valence-electron chi connectivity index (χ3n) is 4.11. The smallest absolute Gasteiger partial charge is 0.257 e. The van der Waals surface area contributed by atoms with Gasteiger partial charge in [-0.1, -0.05) is 60.1 Å². The van der Waals surface area contributed by atoms with Gasteiger partial charge in [0, 0.05) is 5.56 Å². The summed E-state index contributed by atoms with van der Waals surface area (Å²) >= 11 is 0. The number of amides is 1. The number of aryl methyl sites for hydroxylation is 1. The molecule has 3 aromatic rings. The second kappa shape index (κ2) is 7.75. The topological polar surface area (TPSA) is 68.0 Å². The summed E-state index contributed by atoms with van der Waals surface area (Å²) in [6, 6.07) is 17.6. The second-order valence-electron chi connectivity index (χ2n) is 5.97. The molecule has 25 heavy (non-hydrogen) atoms. The first-order valence-corrected chi connectivity index (χ1v) is 8.39. The maximum atomic E-state index is 12.5. The summed E-state index contributed by atoms with van der Waals surface area (Å²) in [5, 5.41) is 6.84. The van der Waals surface area contributed by atoms with Crippen LogP contribution in [0.2, 0.25) is 0 Å². The first-order chi connectivity index (χ1) is 12.2. The molecule has 0 aliphatic carbocycles. The fourth-order valence-electron chi connectivity index (χ4n) is 2.69. The number of carbonyl (C=O) groups is 1. The molecule has 1 N–H and O–H groups in total. The highest BCUT2D eigenvalue weighted by Gasteiger charge is 2.19. The van der Waals surface area contributed by atoms with Crippen molar-refractivity contribution in [3.63, 3.8) is 0 Å². The Hall–Kier alpha value is -2.95.